The maximum atomic E-state index is 6.60. The van der Waals surface area contributed by atoms with E-state index in [0.29, 0.717) is 23.1 Å². The van der Waals surface area contributed by atoms with Crippen LogP contribution < -0.4 is 0 Å². The predicted octanol–water partition coefficient (Wildman–Crippen LogP) is 13.3. The van der Waals surface area contributed by atoms with Crippen LogP contribution in [0.25, 0.3) is 123 Å². The third-order valence-corrected chi connectivity index (χ3v) is 11.4. The Labute approximate surface area is 361 Å². The van der Waals surface area contributed by atoms with Gasteiger partial charge in [-0.05, 0) is 53.9 Å². The zero-order valence-corrected chi connectivity index (χ0v) is 33.6. The van der Waals surface area contributed by atoms with Gasteiger partial charge in [-0.2, -0.15) is 0 Å². The first-order chi connectivity index (χ1) is 31.2. The number of para-hydroxylation sites is 2. The first kappa shape index (κ1) is 36.1. The fraction of sp³-hybridized carbons (Fsp3) is 0. The summed E-state index contributed by atoms with van der Waals surface area (Å²) < 4.78 is 6.60. The van der Waals surface area contributed by atoms with E-state index in [-0.39, 0.29) is 0 Å². The van der Waals surface area contributed by atoms with Gasteiger partial charge in [0.15, 0.2) is 17.2 Å². The molecule has 7 aromatic carbocycles. The Hall–Kier alpha value is -8.75. The van der Waals surface area contributed by atoms with E-state index in [1.54, 1.807) is 0 Å². The lowest BCUT2D eigenvalue weighted by Crippen LogP contribution is -1.99. The number of oxazole rings is 1. The molecule has 0 atom stereocenters. The number of fused-ring (bicyclic) bond motifs is 5. The van der Waals surface area contributed by atoms with Crippen LogP contribution in [0.4, 0.5) is 0 Å². The summed E-state index contributed by atoms with van der Waals surface area (Å²) in [6.07, 6.45) is 3.63. The highest BCUT2D eigenvalue weighted by molar-refractivity contribution is 6.04. The van der Waals surface area contributed by atoms with Crippen LogP contribution in [0.1, 0.15) is 0 Å². The summed E-state index contributed by atoms with van der Waals surface area (Å²) in [5.74, 6) is 1.49. The number of pyridine rings is 2. The minimum atomic E-state index is 0.458. The topological polar surface area (TPSA) is 103 Å². The molecule has 0 bridgehead atoms. The van der Waals surface area contributed by atoms with Crippen LogP contribution in [0, 0.1) is 0 Å². The molecule has 0 saturated carbocycles. The van der Waals surface area contributed by atoms with Crippen LogP contribution >= 0.6 is 0 Å². The maximum Gasteiger partial charge on any atom is 0.227 e. The van der Waals surface area contributed by atoms with Gasteiger partial charge in [-0.1, -0.05) is 140 Å². The van der Waals surface area contributed by atoms with Crippen LogP contribution in [0.15, 0.2) is 205 Å². The summed E-state index contributed by atoms with van der Waals surface area (Å²) in [5, 5.41) is 4.15. The van der Waals surface area contributed by atoms with Crippen molar-refractivity contribution in [1.29, 1.82) is 0 Å². The van der Waals surface area contributed by atoms with Crippen molar-refractivity contribution < 1.29 is 4.42 Å². The average molecular weight is 808 g/mol. The SMILES string of the molecule is c1ccc(-c2cc(-c3cccc4cccnc34)nc(-c3cc(-c4nc(-c5ccccc5)cc(-c5cccc6cccnc56)n4)cc(-c4nc5c(ccc6ccccc65)o4)c3)n2)cc1. The minimum absolute atomic E-state index is 0.458. The Kier molecular flexibility index (Phi) is 8.64. The molecule has 0 aliphatic carbocycles. The van der Waals surface area contributed by atoms with Gasteiger partial charge in [-0.25, -0.2) is 24.9 Å². The first-order valence-electron chi connectivity index (χ1n) is 20.7. The Morgan fingerprint density at radius 3 is 1.40 bits per heavy atom. The van der Waals surface area contributed by atoms with E-state index in [1.807, 2.05) is 116 Å². The fourth-order valence-electron chi connectivity index (χ4n) is 8.36. The Morgan fingerprint density at radius 1 is 0.317 bits per heavy atom. The van der Waals surface area contributed by atoms with Gasteiger partial charge in [0.1, 0.15) is 5.52 Å². The molecule has 0 amide bonds. The van der Waals surface area contributed by atoms with Crippen LogP contribution in [-0.2, 0) is 0 Å². The highest BCUT2D eigenvalue weighted by atomic mass is 16.3. The van der Waals surface area contributed by atoms with Gasteiger partial charge in [-0.15, -0.1) is 0 Å². The molecule has 12 aromatic rings. The van der Waals surface area contributed by atoms with E-state index >= 15 is 0 Å². The summed E-state index contributed by atoms with van der Waals surface area (Å²) in [6, 6.07) is 63.2. The summed E-state index contributed by atoms with van der Waals surface area (Å²) >= 11 is 0. The molecule has 0 radical (unpaired) electrons. The van der Waals surface area contributed by atoms with Gasteiger partial charge < -0.3 is 4.42 Å². The lowest BCUT2D eigenvalue weighted by atomic mass is 10.0. The molecule has 8 nitrogen and oxygen atoms in total. The van der Waals surface area contributed by atoms with Crippen molar-refractivity contribution in [2.45, 2.75) is 0 Å². The molecule has 0 aliphatic heterocycles. The van der Waals surface area contributed by atoms with E-state index in [0.717, 1.165) is 99.8 Å². The lowest BCUT2D eigenvalue weighted by Gasteiger charge is -2.14. The van der Waals surface area contributed by atoms with Crippen LogP contribution in [0.5, 0.6) is 0 Å². The number of hydrogen-bond acceptors (Lipinski definition) is 8. The van der Waals surface area contributed by atoms with Gasteiger partial charge in [0.25, 0.3) is 0 Å². The van der Waals surface area contributed by atoms with Crippen molar-refractivity contribution >= 4 is 43.7 Å². The van der Waals surface area contributed by atoms with E-state index in [1.165, 1.54) is 0 Å². The van der Waals surface area contributed by atoms with E-state index in [4.69, 9.17) is 39.3 Å². The second-order valence-electron chi connectivity index (χ2n) is 15.4. The second-order valence-corrected chi connectivity index (χ2v) is 15.4. The Morgan fingerprint density at radius 2 is 0.810 bits per heavy atom. The van der Waals surface area contributed by atoms with Crippen LogP contribution in [0.3, 0.4) is 0 Å². The zero-order chi connectivity index (χ0) is 41.7. The van der Waals surface area contributed by atoms with E-state index < -0.39 is 0 Å². The molecule has 294 valence electrons. The van der Waals surface area contributed by atoms with Gasteiger partial charge in [-0.3, -0.25) is 9.97 Å². The molecular weight excluding hydrogens is 775 g/mol. The molecule has 8 heteroatoms. The summed E-state index contributed by atoms with van der Waals surface area (Å²) in [6.45, 7) is 0. The number of rotatable bonds is 7. The highest BCUT2D eigenvalue weighted by Crippen LogP contribution is 2.38. The van der Waals surface area contributed by atoms with Crippen molar-refractivity contribution in [3.8, 4) is 79.3 Å². The average Bonchev–Trinajstić information content (AvgIpc) is 3.82. The third-order valence-electron chi connectivity index (χ3n) is 11.4. The number of aromatic nitrogens is 7. The lowest BCUT2D eigenvalue weighted by molar-refractivity contribution is 0.620. The molecular formula is C55H33N7O. The quantitative estimate of drug-likeness (QED) is 0.157. The molecule has 5 heterocycles. The van der Waals surface area contributed by atoms with Gasteiger partial charge in [0.05, 0.1) is 33.8 Å². The molecule has 63 heavy (non-hydrogen) atoms. The Balaban J connectivity index is 1.13. The summed E-state index contributed by atoms with van der Waals surface area (Å²) in [5.41, 5.74) is 12.2. The second kappa shape index (κ2) is 15.1. The number of hydrogen-bond donors (Lipinski definition) is 0. The molecule has 5 aromatic heterocycles. The summed E-state index contributed by atoms with van der Waals surface area (Å²) in [4.78, 5) is 35.9. The molecule has 0 N–H and O–H groups in total. The minimum Gasteiger partial charge on any atom is -0.436 e. The molecule has 0 fully saturated rings. The van der Waals surface area contributed by atoms with E-state index in [9.17, 15) is 0 Å². The van der Waals surface area contributed by atoms with Gasteiger partial charge >= 0.3 is 0 Å². The molecule has 12 rings (SSSR count). The van der Waals surface area contributed by atoms with Gasteiger partial charge in [0, 0.05) is 67.5 Å². The molecule has 0 saturated heterocycles. The van der Waals surface area contributed by atoms with Crippen LogP contribution in [-0.4, -0.2) is 34.9 Å². The predicted molar refractivity (Wildman–Crippen MR) is 251 cm³/mol. The molecule has 0 unspecified atom stereocenters. The monoisotopic (exact) mass is 807 g/mol. The van der Waals surface area contributed by atoms with Crippen molar-refractivity contribution in [2.75, 3.05) is 0 Å². The zero-order valence-electron chi connectivity index (χ0n) is 33.6. The normalized spacial score (nSPS) is 11.5. The Bertz CT molecular complexity index is 3510. The smallest absolute Gasteiger partial charge is 0.227 e. The van der Waals surface area contributed by atoms with Crippen molar-refractivity contribution in [2.24, 2.45) is 0 Å². The standard InChI is InChI=1S/C55H33N7O/c1-3-14-35(15-4-1)45-32-47(43-23-9-18-37-20-11-27-56-50(37)43)60-53(58-45)39-29-40(31-41(30-39)55-62-52-42-22-8-7-13-34(42)25-26-49(52)63-55)54-59-46(36-16-5-2-6-17-36)33-48(61-54)44-24-10-19-38-21-12-28-57-51(38)44/h1-33H. The van der Waals surface area contributed by atoms with E-state index in [2.05, 4.69) is 84.9 Å². The first-order valence-corrected chi connectivity index (χ1v) is 20.7. The third kappa shape index (κ3) is 6.63. The largest absolute Gasteiger partial charge is 0.436 e. The fourth-order valence-corrected chi connectivity index (χ4v) is 8.36. The highest BCUT2D eigenvalue weighted by Gasteiger charge is 2.20. The number of benzene rings is 7. The van der Waals surface area contributed by atoms with Crippen molar-refractivity contribution in [3.63, 3.8) is 0 Å². The van der Waals surface area contributed by atoms with Crippen LogP contribution in [0.2, 0.25) is 0 Å². The molecule has 0 spiro atoms. The molecule has 0 aliphatic rings. The van der Waals surface area contributed by atoms with Crippen molar-refractivity contribution in [3.05, 3.63) is 200 Å². The van der Waals surface area contributed by atoms with Crippen molar-refractivity contribution in [1.82, 2.24) is 34.9 Å². The maximum absolute atomic E-state index is 6.60. The van der Waals surface area contributed by atoms with Gasteiger partial charge in [0.2, 0.25) is 5.89 Å². The number of nitrogens with zero attached hydrogens (tertiary/aromatic N) is 7. The summed E-state index contributed by atoms with van der Waals surface area (Å²) in [7, 11) is 0.